The van der Waals surface area contributed by atoms with Gasteiger partial charge in [0.2, 0.25) is 6.41 Å². The van der Waals surface area contributed by atoms with Crippen LogP contribution in [0.25, 0.3) is 16.0 Å². The van der Waals surface area contributed by atoms with Crippen LogP contribution in [-0.4, -0.2) is 28.6 Å². The predicted molar refractivity (Wildman–Crippen MR) is 127 cm³/mol. The number of pyridine rings is 1. The molecule has 0 aliphatic heterocycles. The summed E-state index contributed by atoms with van der Waals surface area (Å²) in [5, 5.41) is 15.9. The van der Waals surface area contributed by atoms with Gasteiger partial charge in [-0.25, -0.2) is 8.91 Å². The van der Waals surface area contributed by atoms with Crippen molar-refractivity contribution in [2.75, 3.05) is 6.54 Å². The Morgan fingerprint density at radius 3 is 2.91 bits per heavy atom. The second-order valence-electron chi connectivity index (χ2n) is 7.30. The molecule has 0 bridgehead atoms. The quantitative estimate of drug-likeness (QED) is 0.189. The second-order valence-corrected chi connectivity index (χ2v) is 7.74. The Hall–Kier alpha value is -3.41. The summed E-state index contributed by atoms with van der Waals surface area (Å²) >= 11 is 4.76. The van der Waals surface area contributed by atoms with Gasteiger partial charge >= 0.3 is 0 Å². The van der Waals surface area contributed by atoms with E-state index >= 15 is 0 Å². The number of nitriles is 1. The van der Waals surface area contributed by atoms with E-state index in [9.17, 15) is 9.18 Å². The fourth-order valence-corrected chi connectivity index (χ4v) is 3.66. The van der Waals surface area contributed by atoms with Gasteiger partial charge in [0.05, 0.1) is 11.1 Å². The standard InChI is InChI=1S/C24H24FN5OS/c25-23-14-17(6-7-19(23)15-26)22(5-1-3-20(27)4-2-10-28-16-31)24(32)18-9-12-30-21(13-18)8-11-29-30/h1,5-9,11-14,16,20,32H,2-4,10,27H2,(H,28,31)/b5-1+,24-22+. The smallest absolute Gasteiger partial charge is 0.207 e. The Labute approximate surface area is 191 Å². The molecule has 8 heteroatoms. The largest absolute Gasteiger partial charge is 0.359 e. The molecule has 0 saturated heterocycles. The van der Waals surface area contributed by atoms with Crippen molar-refractivity contribution in [3.05, 3.63) is 83.5 Å². The van der Waals surface area contributed by atoms with E-state index in [1.807, 2.05) is 42.6 Å². The number of halogens is 1. The molecule has 0 radical (unpaired) electrons. The van der Waals surface area contributed by atoms with E-state index < -0.39 is 5.82 Å². The van der Waals surface area contributed by atoms with Gasteiger partial charge in [-0.15, -0.1) is 12.6 Å². The molecule has 6 nitrogen and oxygen atoms in total. The van der Waals surface area contributed by atoms with E-state index in [1.165, 1.54) is 12.1 Å². The minimum Gasteiger partial charge on any atom is -0.359 e. The maximum Gasteiger partial charge on any atom is 0.207 e. The molecule has 3 N–H and O–H groups in total. The summed E-state index contributed by atoms with van der Waals surface area (Å²) in [6, 6.07) is 12.0. The number of nitrogens with two attached hydrogens (primary N) is 1. The van der Waals surface area contributed by atoms with Gasteiger partial charge in [0.1, 0.15) is 11.9 Å². The van der Waals surface area contributed by atoms with E-state index in [1.54, 1.807) is 16.8 Å². The number of nitrogens with one attached hydrogen (secondary N) is 1. The summed E-state index contributed by atoms with van der Waals surface area (Å²) in [4.78, 5) is 11.0. The van der Waals surface area contributed by atoms with E-state index in [4.69, 9.17) is 23.6 Å². The first-order valence-corrected chi connectivity index (χ1v) is 10.6. The molecule has 2 heterocycles. The van der Waals surface area contributed by atoms with Gasteiger partial charge in [-0.3, -0.25) is 4.79 Å². The zero-order valence-electron chi connectivity index (χ0n) is 17.4. The van der Waals surface area contributed by atoms with Crippen LogP contribution in [0, 0.1) is 17.1 Å². The van der Waals surface area contributed by atoms with Crippen LogP contribution in [-0.2, 0) is 4.79 Å². The SMILES string of the molecule is N#Cc1ccc(C(/C=C/CC(N)CCCNC=O)=C(/S)c2ccn3nccc3c2)cc1F. The van der Waals surface area contributed by atoms with Crippen molar-refractivity contribution in [2.24, 2.45) is 5.73 Å². The topological polar surface area (TPSA) is 96.2 Å². The normalized spacial score (nSPS) is 13.1. The molecule has 0 fully saturated rings. The van der Waals surface area contributed by atoms with E-state index in [0.717, 1.165) is 29.5 Å². The second kappa shape index (κ2) is 11.3. The van der Waals surface area contributed by atoms with Crippen LogP contribution in [0.3, 0.4) is 0 Å². The third kappa shape index (κ3) is 5.84. The average molecular weight is 450 g/mol. The number of nitrogens with zero attached hydrogens (tertiary/aromatic N) is 3. The van der Waals surface area contributed by atoms with Gasteiger partial charge in [-0.1, -0.05) is 18.2 Å². The maximum atomic E-state index is 14.3. The lowest BCUT2D eigenvalue weighted by Crippen LogP contribution is -2.21. The van der Waals surface area contributed by atoms with Gasteiger partial charge in [0.25, 0.3) is 0 Å². The predicted octanol–water partition coefficient (Wildman–Crippen LogP) is 3.94. The fourth-order valence-electron chi connectivity index (χ4n) is 3.31. The van der Waals surface area contributed by atoms with Crippen molar-refractivity contribution < 1.29 is 9.18 Å². The van der Waals surface area contributed by atoms with E-state index in [2.05, 4.69) is 10.4 Å². The number of thiol groups is 1. The molecule has 1 unspecified atom stereocenters. The number of aromatic nitrogens is 2. The van der Waals surface area contributed by atoms with Crippen LogP contribution in [0.1, 0.15) is 36.0 Å². The Morgan fingerprint density at radius 2 is 2.16 bits per heavy atom. The van der Waals surface area contributed by atoms with Gasteiger partial charge < -0.3 is 11.1 Å². The van der Waals surface area contributed by atoms with Crippen LogP contribution >= 0.6 is 12.6 Å². The van der Waals surface area contributed by atoms with Crippen LogP contribution in [0.15, 0.2) is 60.9 Å². The number of hydrogen-bond acceptors (Lipinski definition) is 5. The highest BCUT2D eigenvalue weighted by Gasteiger charge is 2.11. The molecule has 32 heavy (non-hydrogen) atoms. The third-order valence-corrected chi connectivity index (χ3v) is 5.53. The fraction of sp³-hybridized carbons (Fsp3) is 0.208. The lowest BCUT2D eigenvalue weighted by Gasteiger charge is -2.12. The number of fused-ring (bicyclic) bond motifs is 1. The lowest BCUT2D eigenvalue weighted by atomic mass is 9.99. The molecule has 1 amide bonds. The van der Waals surface area contributed by atoms with Crippen molar-refractivity contribution in [2.45, 2.75) is 25.3 Å². The van der Waals surface area contributed by atoms with Crippen LogP contribution in [0.2, 0.25) is 0 Å². The van der Waals surface area contributed by atoms with Crippen molar-refractivity contribution in [1.29, 1.82) is 5.26 Å². The first kappa shape index (κ1) is 23.3. The Morgan fingerprint density at radius 1 is 1.31 bits per heavy atom. The number of hydrogen-bond donors (Lipinski definition) is 3. The number of carbonyl (C=O) groups is 1. The molecule has 2 aromatic heterocycles. The van der Waals surface area contributed by atoms with Gasteiger partial charge in [0, 0.05) is 29.9 Å². The highest BCUT2D eigenvalue weighted by atomic mass is 32.1. The van der Waals surface area contributed by atoms with Crippen molar-refractivity contribution >= 4 is 35.0 Å². The third-order valence-electron chi connectivity index (χ3n) is 5.03. The van der Waals surface area contributed by atoms with Gasteiger partial charge in [-0.2, -0.15) is 10.4 Å². The number of amides is 1. The number of allylic oxidation sites excluding steroid dienone is 2. The molecule has 164 valence electrons. The Kier molecular flexibility index (Phi) is 8.20. The minimum atomic E-state index is -0.581. The molecule has 1 aromatic carbocycles. The number of carbonyl (C=O) groups excluding carboxylic acids is 1. The summed E-state index contributed by atoms with van der Waals surface area (Å²) in [7, 11) is 0. The monoisotopic (exact) mass is 449 g/mol. The summed E-state index contributed by atoms with van der Waals surface area (Å²) in [5.41, 5.74) is 9.26. The summed E-state index contributed by atoms with van der Waals surface area (Å²) in [5.74, 6) is -0.581. The summed E-state index contributed by atoms with van der Waals surface area (Å²) in [6.45, 7) is 0.592. The lowest BCUT2D eigenvalue weighted by molar-refractivity contribution is -0.109. The van der Waals surface area contributed by atoms with Crippen LogP contribution in [0.5, 0.6) is 0 Å². The molecular formula is C24H24FN5OS. The zero-order chi connectivity index (χ0) is 22.9. The maximum absolute atomic E-state index is 14.3. The van der Waals surface area contributed by atoms with Crippen molar-refractivity contribution in [3.8, 4) is 6.07 Å². The molecule has 3 rings (SSSR count). The first-order chi connectivity index (χ1) is 15.5. The molecule has 1 atom stereocenters. The summed E-state index contributed by atoms with van der Waals surface area (Å²) < 4.78 is 16.1. The van der Waals surface area contributed by atoms with Gasteiger partial charge in [-0.05, 0) is 66.3 Å². The highest BCUT2D eigenvalue weighted by Crippen LogP contribution is 2.32. The Bertz CT molecular complexity index is 1190. The number of benzene rings is 1. The average Bonchev–Trinajstić information content (AvgIpc) is 3.27. The minimum absolute atomic E-state index is 0.00979. The van der Waals surface area contributed by atoms with E-state index in [0.29, 0.717) is 29.8 Å². The highest BCUT2D eigenvalue weighted by molar-refractivity contribution is 7.90. The van der Waals surface area contributed by atoms with Crippen LogP contribution < -0.4 is 11.1 Å². The van der Waals surface area contributed by atoms with Gasteiger partial charge in [0.15, 0.2) is 0 Å². The molecule has 0 aliphatic rings. The molecule has 0 saturated carbocycles. The van der Waals surface area contributed by atoms with Crippen molar-refractivity contribution in [3.63, 3.8) is 0 Å². The number of rotatable bonds is 10. The van der Waals surface area contributed by atoms with Crippen molar-refractivity contribution in [1.82, 2.24) is 14.9 Å². The Balaban J connectivity index is 1.90. The zero-order valence-corrected chi connectivity index (χ0v) is 18.3. The molecule has 0 aliphatic carbocycles. The molecule has 3 aromatic rings. The molecular weight excluding hydrogens is 425 g/mol. The first-order valence-electron chi connectivity index (χ1n) is 10.2. The molecule has 0 spiro atoms. The summed E-state index contributed by atoms with van der Waals surface area (Å²) in [6.07, 6.45) is 10.2. The van der Waals surface area contributed by atoms with E-state index in [-0.39, 0.29) is 11.6 Å². The van der Waals surface area contributed by atoms with Crippen LogP contribution in [0.4, 0.5) is 4.39 Å².